The van der Waals surface area contributed by atoms with E-state index in [2.05, 4.69) is 51.2 Å². The van der Waals surface area contributed by atoms with Crippen LogP contribution in [0.25, 0.3) is 11.5 Å². The molecule has 0 unspecified atom stereocenters. The lowest BCUT2D eigenvalue weighted by Crippen LogP contribution is -2.15. The molecule has 0 spiro atoms. The van der Waals surface area contributed by atoms with Gasteiger partial charge in [-0.2, -0.15) is 0 Å². The Morgan fingerprint density at radius 1 is 1.26 bits per heavy atom. The number of aromatic nitrogens is 5. The first-order chi connectivity index (χ1) is 10.9. The van der Waals surface area contributed by atoms with Crippen LogP contribution in [-0.4, -0.2) is 31.1 Å². The van der Waals surface area contributed by atoms with Gasteiger partial charge < -0.3 is 4.98 Å². The number of carbonyl (C=O) groups is 1. The second-order valence-electron chi connectivity index (χ2n) is 5.98. The summed E-state index contributed by atoms with van der Waals surface area (Å²) in [6, 6.07) is 5.48. The Morgan fingerprint density at radius 3 is 2.74 bits per heavy atom. The molecule has 1 amide bonds. The zero-order valence-electron chi connectivity index (χ0n) is 13.0. The molecule has 0 bridgehead atoms. The normalized spacial score (nSPS) is 11.4. The Morgan fingerprint density at radius 2 is 2.09 bits per heavy atom. The second-order valence-corrected chi connectivity index (χ2v) is 6.84. The van der Waals surface area contributed by atoms with Crippen LogP contribution >= 0.6 is 11.3 Å². The van der Waals surface area contributed by atoms with Crippen molar-refractivity contribution in [3.8, 4) is 11.5 Å². The van der Waals surface area contributed by atoms with Crippen molar-refractivity contribution >= 4 is 23.2 Å². The molecule has 0 fully saturated rings. The third-order valence-corrected chi connectivity index (χ3v) is 4.27. The molecular weight excluding hydrogens is 312 g/mol. The van der Waals surface area contributed by atoms with E-state index in [9.17, 15) is 4.79 Å². The molecule has 3 aromatic rings. The molecule has 0 aliphatic rings. The maximum Gasteiger partial charge on any atom is 0.277 e. The summed E-state index contributed by atoms with van der Waals surface area (Å²) < 4.78 is 0. The first-order valence-electron chi connectivity index (χ1n) is 7.05. The minimum Gasteiger partial charge on any atom is -0.306 e. The van der Waals surface area contributed by atoms with Gasteiger partial charge in [0.1, 0.15) is 11.4 Å². The van der Waals surface area contributed by atoms with Gasteiger partial charge in [-0.1, -0.05) is 26.8 Å². The highest BCUT2D eigenvalue weighted by molar-refractivity contribution is 7.10. The molecule has 23 heavy (non-hydrogen) atoms. The number of anilines is 1. The first-order valence-corrected chi connectivity index (χ1v) is 7.93. The highest BCUT2D eigenvalue weighted by Crippen LogP contribution is 2.25. The van der Waals surface area contributed by atoms with Crippen molar-refractivity contribution in [2.45, 2.75) is 26.2 Å². The Kier molecular flexibility index (Phi) is 3.91. The lowest BCUT2D eigenvalue weighted by molar-refractivity contribution is 0.102. The maximum absolute atomic E-state index is 12.2. The second kappa shape index (κ2) is 5.88. The molecule has 0 radical (unpaired) electrons. The van der Waals surface area contributed by atoms with Crippen molar-refractivity contribution < 1.29 is 4.79 Å². The molecule has 0 aromatic carbocycles. The van der Waals surface area contributed by atoms with Gasteiger partial charge >= 0.3 is 0 Å². The third kappa shape index (κ3) is 3.42. The number of rotatable bonds is 3. The van der Waals surface area contributed by atoms with Crippen LogP contribution in [0.4, 0.5) is 5.95 Å². The van der Waals surface area contributed by atoms with Gasteiger partial charge in [-0.25, -0.2) is 4.98 Å². The van der Waals surface area contributed by atoms with E-state index in [1.165, 1.54) is 11.3 Å². The molecule has 0 aliphatic carbocycles. The highest BCUT2D eigenvalue weighted by Gasteiger charge is 2.21. The first kappa shape index (κ1) is 15.3. The SMILES string of the molecule is CC(C)(C)c1nc(C(=O)Nc2nnc(-c3ccccn3)[nH]2)cs1. The average Bonchev–Trinajstić information content (AvgIpc) is 3.17. The number of hydrogen-bond acceptors (Lipinski definition) is 6. The summed E-state index contributed by atoms with van der Waals surface area (Å²) in [5.74, 6) is 0.441. The number of carbonyl (C=O) groups excluding carboxylic acids is 1. The smallest absolute Gasteiger partial charge is 0.277 e. The van der Waals surface area contributed by atoms with Crippen LogP contribution in [0.5, 0.6) is 0 Å². The van der Waals surface area contributed by atoms with Gasteiger partial charge in [0.05, 0.1) is 5.01 Å². The molecule has 7 nitrogen and oxygen atoms in total. The van der Waals surface area contributed by atoms with Gasteiger partial charge in [0.15, 0.2) is 5.82 Å². The number of amides is 1. The van der Waals surface area contributed by atoms with Gasteiger partial charge in [0.2, 0.25) is 5.95 Å². The number of thiazole rings is 1. The zero-order valence-corrected chi connectivity index (χ0v) is 13.8. The molecule has 0 aliphatic heterocycles. The molecule has 0 atom stereocenters. The largest absolute Gasteiger partial charge is 0.306 e. The van der Waals surface area contributed by atoms with Crippen molar-refractivity contribution in [3.63, 3.8) is 0 Å². The number of aromatic amines is 1. The van der Waals surface area contributed by atoms with Gasteiger partial charge in [0.25, 0.3) is 5.91 Å². The molecule has 2 N–H and O–H groups in total. The van der Waals surface area contributed by atoms with E-state index in [0.717, 1.165) is 5.01 Å². The molecule has 0 saturated carbocycles. The van der Waals surface area contributed by atoms with E-state index in [1.54, 1.807) is 11.6 Å². The fourth-order valence-electron chi connectivity index (χ4n) is 1.83. The predicted octanol–water partition coefficient (Wildman–Crippen LogP) is 2.87. The van der Waals surface area contributed by atoms with E-state index < -0.39 is 0 Å². The predicted molar refractivity (Wildman–Crippen MR) is 88.4 cm³/mol. The lowest BCUT2D eigenvalue weighted by atomic mass is 9.98. The molecule has 3 heterocycles. The van der Waals surface area contributed by atoms with Crippen LogP contribution in [0.3, 0.4) is 0 Å². The number of nitrogens with one attached hydrogen (secondary N) is 2. The van der Waals surface area contributed by atoms with Crippen LogP contribution < -0.4 is 5.32 Å². The fourth-order valence-corrected chi connectivity index (χ4v) is 2.72. The summed E-state index contributed by atoms with van der Waals surface area (Å²) in [6.07, 6.45) is 1.67. The van der Waals surface area contributed by atoms with E-state index in [0.29, 0.717) is 17.2 Å². The Balaban J connectivity index is 1.74. The van der Waals surface area contributed by atoms with Crippen molar-refractivity contribution in [2.24, 2.45) is 0 Å². The number of hydrogen-bond donors (Lipinski definition) is 2. The number of pyridine rings is 1. The highest BCUT2D eigenvalue weighted by atomic mass is 32.1. The van der Waals surface area contributed by atoms with Gasteiger partial charge in [-0.3, -0.25) is 15.1 Å². The number of nitrogens with zero attached hydrogens (tertiary/aromatic N) is 4. The van der Waals surface area contributed by atoms with Crippen molar-refractivity contribution in [3.05, 3.63) is 40.5 Å². The van der Waals surface area contributed by atoms with Gasteiger partial charge in [0, 0.05) is 17.0 Å². The van der Waals surface area contributed by atoms with E-state index in [4.69, 9.17) is 0 Å². The van der Waals surface area contributed by atoms with Crippen LogP contribution in [0.2, 0.25) is 0 Å². The molecular formula is C15H16N6OS. The quantitative estimate of drug-likeness (QED) is 0.770. The van der Waals surface area contributed by atoms with Crippen LogP contribution in [-0.2, 0) is 5.41 Å². The van der Waals surface area contributed by atoms with Crippen LogP contribution in [0.15, 0.2) is 29.8 Å². The minimum absolute atomic E-state index is 0.0818. The van der Waals surface area contributed by atoms with E-state index in [1.807, 2.05) is 18.2 Å². The molecule has 3 aromatic heterocycles. The summed E-state index contributed by atoms with van der Waals surface area (Å²) in [6.45, 7) is 6.18. The standard InChI is InChI=1S/C15H16N6OS/c1-15(2,3)13-17-10(8-23-13)12(22)19-14-18-11(20-21-14)9-6-4-5-7-16-9/h4-8H,1-3H3,(H2,18,19,20,21,22). The molecule has 0 saturated heterocycles. The summed E-state index contributed by atoms with van der Waals surface area (Å²) >= 11 is 1.47. The Hall–Kier alpha value is -2.61. The Labute approximate surface area is 137 Å². The third-order valence-electron chi connectivity index (χ3n) is 3.00. The summed E-state index contributed by atoms with van der Waals surface area (Å²) in [7, 11) is 0. The fraction of sp³-hybridized carbons (Fsp3) is 0.267. The van der Waals surface area contributed by atoms with Crippen molar-refractivity contribution in [1.29, 1.82) is 0 Å². The molecule has 8 heteroatoms. The van der Waals surface area contributed by atoms with Gasteiger partial charge in [-0.05, 0) is 12.1 Å². The lowest BCUT2D eigenvalue weighted by Gasteiger charge is -2.13. The molecule has 3 rings (SSSR count). The Bertz CT molecular complexity index is 818. The van der Waals surface area contributed by atoms with E-state index >= 15 is 0 Å². The minimum atomic E-state index is -0.319. The summed E-state index contributed by atoms with van der Waals surface area (Å²) in [4.78, 5) is 23.7. The molecule has 118 valence electrons. The zero-order chi connectivity index (χ0) is 16.4. The van der Waals surface area contributed by atoms with Gasteiger partial charge in [-0.15, -0.1) is 21.5 Å². The monoisotopic (exact) mass is 328 g/mol. The van der Waals surface area contributed by atoms with Crippen molar-refractivity contribution in [1.82, 2.24) is 25.1 Å². The van der Waals surface area contributed by atoms with Crippen molar-refractivity contribution in [2.75, 3.05) is 5.32 Å². The van der Waals surface area contributed by atoms with Crippen LogP contribution in [0.1, 0.15) is 36.3 Å². The number of H-pyrrole nitrogens is 1. The van der Waals surface area contributed by atoms with Crippen LogP contribution in [0, 0.1) is 0 Å². The van der Waals surface area contributed by atoms with E-state index in [-0.39, 0.29) is 17.3 Å². The summed E-state index contributed by atoms with van der Waals surface area (Å²) in [5, 5.41) is 13.2. The topological polar surface area (TPSA) is 96.5 Å². The average molecular weight is 328 g/mol. The summed E-state index contributed by atoms with van der Waals surface area (Å²) in [5.41, 5.74) is 0.946. The maximum atomic E-state index is 12.2.